The average molecular weight is 236 g/mol. The van der Waals surface area contributed by atoms with Gasteiger partial charge in [0.05, 0.1) is 5.69 Å². The van der Waals surface area contributed by atoms with Gasteiger partial charge in [0.15, 0.2) is 0 Å². The van der Waals surface area contributed by atoms with Crippen LogP contribution in [0.2, 0.25) is 0 Å². The standard InChI is InChI=1S/C8H8BrF2N/c1-5-2-6(8(10)11)7(3-9)12-4-5/h2,4,8H,3H2,1H3. The number of aryl methyl sites for hydroxylation is 1. The van der Waals surface area contributed by atoms with Crippen molar-refractivity contribution in [2.45, 2.75) is 18.7 Å². The van der Waals surface area contributed by atoms with Gasteiger partial charge in [-0.05, 0) is 18.6 Å². The third-order valence-electron chi connectivity index (χ3n) is 1.50. The second-order valence-electron chi connectivity index (χ2n) is 2.48. The van der Waals surface area contributed by atoms with Crippen LogP contribution in [-0.4, -0.2) is 4.98 Å². The van der Waals surface area contributed by atoms with Gasteiger partial charge < -0.3 is 0 Å². The Morgan fingerprint density at radius 3 is 2.75 bits per heavy atom. The van der Waals surface area contributed by atoms with Crippen LogP contribution in [0.4, 0.5) is 8.78 Å². The van der Waals surface area contributed by atoms with Gasteiger partial charge in [0.2, 0.25) is 0 Å². The number of aromatic nitrogens is 1. The molecule has 0 aliphatic rings. The molecule has 66 valence electrons. The summed E-state index contributed by atoms with van der Waals surface area (Å²) in [6.45, 7) is 1.75. The van der Waals surface area contributed by atoms with Crippen molar-refractivity contribution in [3.8, 4) is 0 Å². The summed E-state index contributed by atoms with van der Waals surface area (Å²) in [6.07, 6.45) is -0.854. The molecule has 0 saturated carbocycles. The van der Waals surface area contributed by atoms with E-state index in [1.165, 1.54) is 6.07 Å². The first kappa shape index (κ1) is 9.58. The van der Waals surface area contributed by atoms with E-state index in [2.05, 4.69) is 20.9 Å². The normalized spacial score (nSPS) is 10.8. The van der Waals surface area contributed by atoms with Crippen LogP contribution in [0.1, 0.15) is 23.2 Å². The largest absolute Gasteiger partial charge is 0.265 e. The van der Waals surface area contributed by atoms with Crippen LogP contribution < -0.4 is 0 Å². The first-order chi connectivity index (χ1) is 5.65. The fourth-order valence-corrected chi connectivity index (χ4v) is 1.39. The Labute approximate surface area is 77.9 Å². The second-order valence-corrected chi connectivity index (χ2v) is 3.04. The van der Waals surface area contributed by atoms with Crippen molar-refractivity contribution in [1.29, 1.82) is 0 Å². The number of hydrogen-bond donors (Lipinski definition) is 0. The molecule has 0 bridgehead atoms. The molecule has 0 amide bonds. The summed E-state index contributed by atoms with van der Waals surface area (Å²) >= 11 is 3.11. The molecule has 0 fully saturated rings. The van der Waals surface area contributed by atoms with Crippen LogP contribution in [0.5, 0.6) is 0 Å². The zero-order valence-electron chi connectivity index (χ0n) is 6.52. The fraction of sp³-hybridized carbons (Fsp3) is 0.375. The minimum absolute atomic E-state index is 0.0203. The van der Waals surface area contributed by atoms with E-state index in [4.69, 9.17) is 0 Å². The van der Waals surface area contributed by atoms with Crippen molar-refractivity contribution < 1.29 is 8.78 Å². The number of rotatable bonds is 2. The molecule has 1 heterocycles. The summed E-state index contributed by atoms with van der Waals surface area (Å²) in [6, 6.07) is 1.47. The first-order valence-electron chi connectivity index (χ1n) is 3.44. The Hall–Kier alpha value is -0.510. The third kappa shape index (κ3) is 2.00. The minimum atomic E-state index is -2.44. The van der Waals surface area contributed by atoms with Crippen molar-refractivity contribution in [2.24, 2.45) is 0 Å². The van der Waals surface area contributed by atoms with E-state index < -0.39 is 6.43 Å². The molecule has 0 aliphatic heterocycles. The smallest absolute Gasteiger partial charge is 0.260 e. The number of nitrogens with zero attached hydrogens (tertiary/aromatic N) is 1. The third-order valence-corrected chi connectivity index (χ3v) is 2.03. The summed E-state index contributed by atoms with van der Waals surface area (Å²) in [7, 11) is 0. The van der Waals surface area contributed by atoms with Crippen LogP contribution in [0.15, 0.2) is 12.3 Å². The van der Waals surface area contributed by atoms with E-state index in [9.17, 15) is 8.78 Å². The Morgan fingerprint density at radius 1 is 1.58 bits per heavy atom. The topological polar surface area (TPSA) is 12.9 Å². The molecule has 0 aromatic carbocycles. The average Bonchev–Trinajstić information content (AvgIpc) is 2.04. The molecule has 0 N–H and O–H groups in total. The van der Waals surface area contributed by atoms with E-state index in [0.29, 0.717) is 11.0 Å². The molecule has 1 aromatic heterocycles. The van der Waals surface area contributed by atoms with E-state index in [1.54, 1.807) is 13.1 Å². The molecule has 12 heavy (non-hydrogen) atoms. The molecule has 0 unspecified atom stereocenters. The maximum Gasteiger partial charge on any atom is 0.265 e. The first-order valence-corrected chi connectivity index (χ1v) is 4.57. The molecule has 1 nitrogen and oxygen atoms in total. The quantitative estimate of drug-likeness (QED) is 0.718. The molecule has 0 aliphatic carbocycles. The molecule has 1 rings (SSSR count). The number of alkyl halides is 3. The van der Waals surface area contributed by atoms with Gasteiger partial charge >= 0.3 is 0 Å². The minimum Gasteiger partial charge on any atom is -0.260 e. The van der Waals surface area contributed by atoms with Crippen molar-refractivity contribution in [2.75, 3.05) is 0 Å². The highest BCUT2D eigenvalue weighted by Gasteiger charge is 2.12. The zero-order valence-corrected chi connectivity index (χ0v) is 8.11. The number of pyridine rings is 1. The Balaban J connectivity index is 3.12. The highest BCUT2D eigenvalue weighted by Crippen LogP contribution is 2.23. The lowest BCUT2D eigenvalue weighted by Gasteiger charge is -2.05. The Kier molecular flexibility index (Phi) is 3.14. The summed E-state index contributed by atoms with van der Waals surface area (Å²) in [5.41, 5.74) is 1.19. The predicted octanol–water partition coefficient (Wildman–Crippen LogP) is 3.22. The summed E-state index contributed by atoms with van der Waals surface area (Å²) < 4.78 is 24.7. The summed E-state index contributed by atoms with van der Waals surface area (Å²) in [4.78, 5) is 3.89. The molecule has 0 atom stereocenters. The molecular formula is C8H8BrF2N. The highest BCUT2D eigenvalue weighted by molar-refractivity contribution is 9.08. The SMILES string of the molecule is Cc1cnc(CBr)c(C(F)F)c1. The van der Waals surface area contributed by atoms with E-state index in [0.717, 1.165) is 5.56 Å². The lowest BCUT2D eigenvalue weighted by Crippen LogP contribution is -1.96. The maximum absolute atomic E-state index is 12.3. The van der Waals surface area contributed by atoms with Gasteiger partial charge in [-0.2, -0.15) is 0 Å². The van der Waals surface area contributed by atoms with Crippen LogP contribution in [-0.2, 0) is 5.33 Å². The molecule has 1 aromatic rings. The summed E-state index contributed by atoms with van der Waals surface area (Å²) in [5, 5.41) is 0.368. The van der Waals surface area contributed by atoms with Crippen LogP contribution in [0.3, 0.4) is 0 Å². The van der Waals surface area contributed by atoms with Crippen LogP contribution in [0, 0.1) is 6.92 Å². The van der Waals surface area contributed by atoms with E-state index in [1.807, 2.05) is 0 Å². The highest BCUT2D eigenvalue weighted by atomic mass is 79.9. The maximum atomic E-state index is 12.3. The van der Waals surface area contributed by atoms with Gasteiger partial charge in [0, 0.05) is 17.1 Å². The molecule has 0 radical (unpaired) electrons. The number of hydrogen-bond acceptors (Lipinski definition) is 1. The zero-order chi connectivity index (χ0) is 9.14. The monoisotopic (exact) mass is 235 g/mol. The van der Waals surface area contributed by atoms with E-state index in [-0.39, 0.29) is 5.56 Å². The number of halogens is 3. The van der Waals surface area contributed by atoms with Crippen molar-refractivity contribution in [1.82, 2.24) is 4.98 Å². The Morgan fingerprint density at radius 2 is 2.25 bits per heavy atom. The Bertz CT molecular complexity index is 276. The lowest BCUT2D eigenvalue weighted by atomic mass is 10.1. The summed E-state index contributed by atoms with van der Waals surface area (Å²) in [5.74, 6) is 0. The van der Waals surface area contributed by atoms with Crippen molar-refractivity contribution >= 4 is 15.9 Å². The molecule has 0 saturated heterocycles. The van der Waals surface area contributed by atoms with Crippen molar-refractivity contribution in [3.05, 3.63) is 29.1 Å². The van der Waals surface area contributed by atoms with Gasteiger partial charge in [-0.15, -0.1) is 0 Å². The van der Waals surface area contributed by atoms with E-state index >= 15 is 0 Å². The second kappa shape index (κ2) is 3.94. The van der Waals surface area contributed by atoms with Gasteiger partial charge in [-0.25, -0.2) is 8.78 Å². The van der Waals surface area contributed by atoms with Crippen LogP contribution >= 0.6 is 15.9 Å². The van der Waals surface area contributed by atoms with Crippen molar-refractivity contribution in [3.63, 3.8) is 0 Å². The lowest BCUT2D eigenvalue weighted by molar-refractivity contribution is 0.150. The fourth-order valence-electron chi connectivity index (χ4n) is 0.921. The van der Waals surface area contributed by atoms with Crippen LogP contribution in [0.25, 0.3) is 0 Å². The van der Waals surface area contributed by atoms with Gasteiger partial charge in [-0.3, -0.25) is 4.98 Å². The van der Waals surface area contributed by atoms with Gasteiger partial charge in [0.25, 0.3) is 6.43 Å². The molecule has 0 spiro atoms. The predicted molar refractivity (Wildman–Crippen MR) is 46.6 cm³/mol. The van der Waals surface area contributed by atoms with Gasteiger partial charge in [0.1, 0.15) is 0 Å². The van der Waals surface area contributed by atoms with Gasteiger partial charge in [-0.1, -0.05) is 15.9 Å². The molecular weight excluding hydrogens is 228 g/mol. The molecule has 4 heteroatoms.